The SMILES string of the molecule is Cc1cccc2oc3cccc(-c4cccc(-c5ccc(-c6ccccc6)cc5)c4)c3c12. The van der Waals surface area contributed by atoms with Crippen LogP contribution in [0.4, 0.5) is 0 Å². The van der Waals surface area contributed by atoms with Crippen molar-refractivity contribution in [1.82, 2.24) is 0 Å². The zero-order valence-corrected chi connectivity index (χ0v) is 17.9. The number of hydrogen-bond acceptors (Lipinski definition) is 1. The summed E-state index contributed by atoms with van der Waals surface area (Å²) >= 11 is 0. The van der Waals surface area contributed by atoms with Crippen molar-refractivity contribution in [3.63, 3.8) is 0 Å². The van der Waals surface area contributed by atoms with Crippen molar-refractivity contribution in [3.05, 3.63) is 121 Å². The molecule has 0 aliphatic rings. The van der Waals surface area contributed by atoms with Crippen LogP contribution < -0.4 is 0 Å². The Morgan fingerprint density at radius 2 is 1.00 bits per heavy atom. The Morgan fingerprint density at radius 3 is 1.78 bits per heavy atom. The Balaban J connectivity index is 1.46. The maximum Gasteiger partial charge on any atom is 0.136 e. The first-order valence-electron chi connectivity index (χ1n) is 10.9. The van der Waals surface area contributed by atoms with Gasteiger partial charge >= 0.3 is 0 Å². The van der Waals surface area contributed by atoms with E-state index >= 15 is 0 Å². The van der Waals surface area contributed by atoms with Gasteiger partial charge < -0.3 is 4.42 Å². The van der Waals surface area contributed by atoms with Gasteiger partial charge in [0.25, 0.3) is 0 Å². The molecule has 6 rings (SSSR count). The van der Waals surface area contributed by atoms with Crippen LogP contribution in [0.25, 0.3) is 55.3 Å². The highest BCUT2D eigenvalue weighted by atomic mass is 16.3. The average Bonchev–Trinajstić information content (AvgIpc) is 3.25. The van der Waals surface area contributed by atoms with Gasteiger partial charge in [-0.1, -0.05) is 97.1 Å². The number of benzene rings is 5. The van der Waals surface area contributed by atoms with E-state index in [4.69, 9.17) is 4.42 Å². The smallest absolute Gasteiger partial charge is 0.136 e. The summed E-state index contributed by atoms with van der Waals surface area (Å²) in [5.74, 6) is 0. The fourth-order valence-electron chi connectivity index (χ4n) is 4.63. The molecule has 0 amide bonds. The van der Waals surface area contributed by atoms with Gasteiger partial charge in [-0.2, -0.15) is 0 Å². The lowest BCUT2D eigenvalue weighted by atomic mass is 9.94. The van der Waals surface area contributed by atoms with Crippen LogP contribution in [0.15, 0.2) is 120 Å². The second kappa shape index (κ2) is 7.55. The Morgan fingerprint density at radius 1 is 0.438 bits per heavy atom. The van der Waals surface area contributed by atoms with Gasteiger partial charge in [-0.3, -0.25) is 0 Å². The minimum atomic E-state index is 0.935. The number of fused-ring (bicyclic) bond motifs is 3. The van der Waals surface area contributed by atoms with Crippen LogP contribution in [-0.2, 0) is 0 Å². The van der Waals surface area contributed by atoms with Gasteiger partial charge in [0.05, 0.1) is 0 Å². The Bertz CT molecular complexity index is 1550. The molecule has 1 aromatic heterocycles. The van der Waals surface area contributed by atoms with Crippen molar-refractivity contribution in [2.24, 2.45) is 0 Å². The van der Waals surface area contributed by atoms with Crippen molar-refractivity contribution in [3.8, 4) is 33.4 Å². The second-order valence-electron chi connectivity index (χ2n) is 8.25. The molecule has 0 radical (unpaired) electrons. The van der Waals surface area contributed by atoms with Crippen LogP contribution in [0.3, 0.4) is 0 Å². The third kappa shape index (κ3) is 3.11. The first-order chi connectivity index (χ1) is 15.8. The minimum Gasteiger partial charge on any atom is -0.456 e. The second-order valence-corrected chi connectivity index (χ2v) is 8.25. The quantitative estimate of drug-likeness (QED) is 0.284. The molecule has 0 bridgehead atoms. The van der Waals surface area contributed by atoms with Gasteiger partial charge in [-0.25, -0.2) is 0 Å². The van der Waals surface area contributed by atoms with Crippen LogP contribution in [-0.4, -0.2) is 0 Å². The van der Waals surface area contributed by atoms with Crippen molar-refractivity contribution < 1.29 is 4.42 Å². The highest BCUT2D eigenvalue weighted by molar-refractivity contribution is 6.13. The van der Waals surface area contributed by atoms with Gasteiger partial charge in [0.2, 0.25) is 0 Å². The monoisotopic (exact) mass is 410 g/mol. The molecule has 1 heteroatoms. The van der Waals surface area contributed by atoms with E-state index in [1.165, 1.54) is 49.7 Å². The molecule has 5 aromatic carbocycles. The lowest BCUT2D eigenvalue weighted by Crippen LogP contribution is -1.84. The lowest BCUT2D eigenvalue weighted by Gasteiger charge is -2.09. The molecule has 1 heterocycles. The largest absolute Gasteiger partial charge is 0.456 e. The molecule has 152 valence electrons. The molecular weight excluding hydrogens is 388 g/mol. The van der Waals surface area contributed by atoms with Gasteiger partial charge in [0, 0.05) is 10.8 Å². The number of rotatable bonds is 3. The average molecular weight is 411 g/mol. The molecular formula is C31H22O. The first kappa shape index (κ1) is 18.7. The third-order valence-corrected chi connectivity index (χ3v) is 6.23. The van der Waals surface area contributed by atoms with Gasteiger partial charge in [0.1, 0.15) is 11.2 Å². The molecule has 0 aliphatic carbocycles. The van der Waals surface area contributed by atoms with Gasteiger partial charge in [-0.15, -0.1) is 0 Å². The Kier molecular flexibility index (Phi) is 4.40. The number of hydrogen-bond donors (Lipinski definition) is 0. The summed E-state index contributed by atoms with van der Waals surface area (Å²) in [4.78, 5) is 0. The van der Waals surface area contributed by atoms with E-state index in [0.717, 1.165) is 11.2 Å². The standard InChI is InChI=1S/C31H22O/c1-21-8-5-14-28-30(21)31-27(13-7-15-29(31)32-28)26-12-6-11-25(20-26)24-18-16-23(17-19-24)22-9-3-2-4-10-22/h2-20H,1H3. The Labute approximate surface area is 187 Å². The van der Waals surface area contributed by atoms with Crippen molar-refractivity contribution >= 4 is 21.9 Å². The maximum atomic E-state index is 6.17. The van der Waals surface area contributed by atoms with E-state index in [2.05, 4.69) is 122 Å². The summed E-state index contributed by atoms with van der Waals surface area (Å²) in [6.45, 7) is 2.15. The highest BCUT2D eigenvalue weighted by Crippen LogP contribution is 2.39. The van der Waals surface area contributed by atoms with Gasteiger partial charge in [0.15, 0.2) is 0 Å². The zero-order chi connectivity index (χ0) is 21.5. The fourth-order valence-corrected chi connectivity index (χ4v) is 4.63. The molecule has 6 aromatic rings. The number of furan rings is 1. The molecule has 0 spiro atoms. The van der Waals surface area contributed by atoms with E-state index in [0.29, 0.717) is 0 Å². The van der Waals surface area contributed by atoms with E-state index in [-0.39, 0.29) is 0 Å². The van der Waals surface area contributed by atoms with Crippen molar-refractivity contribution in [1.29, 1.82) is 0 Å². The molecule has 0 unspecified atom stereocenters. The predicted molar refractivity (Wildman–Crippen MR) is 135 cm³/mol. The summed E-state index contributed by atoms with van der Waals surface area (Å²) in [5, 5.41) is 2.40. The lowest BCUT2D eigenvalue weighted by molar-refractivity contribution is 0.669. The molecule has 0 fully saturated rings. The summed E-state index contributed by atoms with van der Waals surface area (Å²) in [5.41, 5.74) is 10.4. The normalized spacial score (nSPS) is 11.3. The summed E-state index contributed by atoms with van der Waals surface area (Å²) in [7, 11) is 0. The van der Waals surface area contributed by atoms with E-state index in [1.807, 2.05) is 0 Å². The Hall–Kier alpha value is -4.10. The van der Waals surface area contributed by atoms with Crippen LogP contribution in [0.1, 0.15) is 5.56 Å². The van der Waals surface area contributed by atoms with Crippen LogP contribution in [0, 0.1) is 6.92 Å². The van der Waals surface area contributed by atoms with Crippen LogP contribution in [0.5, 0.6) is 0 Å². The van der Waals surface area contributed by atoms with Crippen LogP contribution >= 0.6 is 0 Å². The van der Waals surface area contributed by atoms with E-state index in [1.54, 1.807) is 0 Å². The summed E-state index contributed by atoms with van der Waals surface area (Å²) in [6.07, 6.45) is 0. The predicted octanol–water partition coefficient (Wildman–Crippen LogP) is 8.90. The summed E-state index contributed by atoms with van der Waals surface area (Å²) in [6, 6.07) is 40.7. The fraction of sp³-hybridized carbons (Fsp3) is 0.0323. The summed E-state index contributed by atoms with van der Waals surface area (Å²) < 4.78 is 6.17. The molecule has 0 atom stereocenters. The molecule has 0 saturated heterocycles. The highest BCUT2D eigenvalue weighted by Gasteiger charge is 2.14. The topological polar surface area (TPSA) is 13.1 Å². The third-order valence-electron chi connectivity index (χ3n) is 6.23. The van der Waals surface area contributed by atoms with Crippen LogP contribution in [0.2, 0.25) is 0 Å². The van der Waals surface area contributed by atoms with E-state index in [9.17, 15) is 0 Å². The zero-order valence-electron chi connectivity index (χ0n) is 17.9. The van der Waals surface area contributed by atoms with Crippen molar-refractivity contribution in [2.75, 3.05) is 0 Å². The minimum absolute atomic E-state index is 0.935. The maximum absolute atomic E-state index is 6.17. The molecule has 0 saturated carbocycles. The first-order valence-corrected chi connectivity index (χ1v) is 10.9. The molecule has 1 nitrogen and oxygen atoms in total. The molecule has 0 aliphatic heterocycles. The van der Waals surface area contributed by atoms with Crippen molar-refractivity contribution in [2.45, 2.75) is 6.92 Å². The van der Waals surface area contributed by atoms with E-state index < -0.39 is 0 Å². The molecule has 32 heavy (non-hydrogen) atoms. The molecule has 0 N–H and O–H groups in total. The number of aryl methyl sites for hydroxylation is 1. The van der Waals surface area contributed by atoms with Gasteiger partial charge in [-0.05, 0) is 64.1 Å².